The van der Waals surface area contributed by atoms with E-state index in [1.165, 1.54) is 24.5 Å². The molecule has 0 unspecified atom stereocenters. The van der Waals surface area contributed by atoms with Gasteiger partial charge in [-0.05, 0) is 25.0 Å². The van der Waals surface area contributed by atoms with E-state index < -0.39 is 22.4 Å². The van der Waals surface area contributed by atoms with Crippen LogP contribution in [0.1, 0.15) is 27.2 Å². The lowest BCUT2D eigenvalue weighted by Crippen LogP contribution is -2.33. The fraction of sp³-hybridized carbons (Fsp3) is 0.227. The second-order valence-corrected chi connectivity index (χ2v) is 7.76. The Kier molecular flexibility index (Phi) is 7.57. The minimum atomic E-state index is -0.789. The van der Waals surface area contributed by atoms with E-state index in [4.69, 9.17) is 9.47 Å². The van der Waals surface area contributed by atoms with Crippen LogP contribution in [0.2, 0.25) is 0 Å². The molecule has 1 aromatic heterocycles. The predicted octanol–water partition coefficient (Wildman–Crippen LogP) is 3.62. The molecule has 0 bridgehead atoms. The lowest BCUT2D eigenvalue weighted by Gasteiger charge is -2.13. The van der Waals surface area contributed by atoms with Gasteiger partial charge in [0.15, 0.2) is 11.5 Å². The zero-order valence-corrected chi connectivity index (χ0v) is 19.0. The largest absolute Gasteiger partial charge is 0.493 e. The first-order valence-corrected chi connectivity index (χ1v) is 10.7. The molecule has 0 saturated heterocycles. The molecule has 0 atom stereocenters. The Labute approximate surface area is 193 Å². The number of amides is 2. The Morgan fingerprint density at radius 3 is 2.52 bits per heavy atom. The number of rotatable bonds is 9. The number of nitro groups is 1. The van der Waals surface area contributed by atoms with E-state index in [0.29, 0.717) is 11.4 Å². The summed E-state index contributed by atoms with van der Waals surface area (Å²) in [5.41, 5.74) is 3.98. The third-order valence-electron chi connectivity index (χ3n) is 4.74. The topological polar surface area (TPSA) is 133 Å². The number of carbonyl (C=O) groups is 2. The third kappa shape index (κ3) is 5.83. The highest BCUT2D eigenvalue weighted by Gasteiger charge is 2.25. The van der Waals surface area contributed by atoms with Crippen LogP contribution in [0.4, 0.5) is 11.4 Å². The molecule has 0 aliphatic heterocycles. The number of hydrogen-bond donors (Lipinski definition) is 2. The molecule has 11 heteroatoms. The Morgan fingerprint density at radius 1 is 1.18 bits per heavy atom. The van der Waals surface area contributed by atoms with Crippen LogP contribution in [0.5, 0.6) is 11.5 Å². The molecule has 3 aromatic rings. The van der Waals surface area contributed by atoms with Crippen molar-refractivity contribution in [3.05, 3.63) is 73.7 Å². The smallest absolute Gasteiger partial charge is 0.286 e. The number of methoxy groups -OCH3 is 1. The molecule has 0 spiro atoms. The van der Waals surface area contributed by atoms with Crippen molar-refractivity contribution in [2.75, 3.05) is 19.0 Å². The van der Waals surface area contributed by atoms with E-state index in [1.54, 1.807) is 10.9 Å². The first kappa shape index (κ1) is 23.7. The molecule has 10 nitrogen and oxygen atoms in total. The van der Waals surface area contributed by atoms with Gasteiger partial charge in [-0.3, -0.25) is 19.7 Å². The first-order chi connectivity index (χ1) is 15.8. The van der Waals surface area contributed by atoms with Crippen LogP contribution in [0.3, 0.4) is 0 Å². The fourth-order valence-corrected chi connectivity index (χ4v) is 3.61. The second kappa shape index (κ2) is 10.6. The van der Waals surface area contributed by atoms with Gasteiger partial charge in [-0.15, -0.1) is 11.3 Å². The van der Waals surface area contributed by atoms with Crippen LogP contribution in [0.15, 0.2) is 41.2 Å². The number of hydrogen-bond acceptors (Lipinski definition) is 8. The van der Waals surface area contributed by atoms with E-state index in [-0.39, 0.29) is 30.2 Å². The van der Waals surface area contributed by atoms with Crippen molar-refractivity contribution in [3.63, 3.8) is 0 Å². The van der Waals surface area contributed by atoms with Crippen LogP contribution in [0.25, 0.3) is 0 Å². The molecule has 33 heavy (non-hydrogen) atoms. The summed E-state index contributed by atoms with van der Waals surface area (Å²) < 4.78 is 10.9. The van der Waals surface area contributed by atoms with Crippen molar-refractivity contribution in [1.82, 2.24) is 10.3 Å². The zero-order chi connectivity index (χ0) is 24.0. The number of para-hydroxylation sites is 1. The number of thiazole rings is 1. The Morgan fingerprint density at radius 2 is 1.91 bits per heavy atom. The predicted molar refractivity (Wildman–Crippen MR) is 123 cm³/mol. The van der Waals surface area contributed by atoms with Gasteiger partial charge in [-0.2, -0.15) is 0 Å². The summed E-state index contributed by atoms with van der Waals surface area (Å²) >= 11 is 1.39. The van der Waals surface area contributed by atoms with Gasteiger partial charge in [0.1, 0.15) is 12.2 Å². The minimum Gasteiger partial charge on any atom is -0.493 e. The van der Waals surface area contributed by atoms with Crippen molar-refractivity contribution in [3.8, 4) is 11.5 Å². The van der Waals surface area contributed by atoms with Crippen LogP contribution in [-0.2, 0) is 11.4 Å². The van der Waals surface area contributed by atoms with Crippen molar-refractivity contribution in [2.24, 2.45) is 0 Å². The maximum absolute atomic E-state index is 12.7. The highest BCUT2D eigenvalue weighted by atomic mass is 32.1. The Hall–Kier alpha value is -3.99. The number of nitro benzene ring substituents is 1. The van der Waals surface area contributed by atoms with E-state index in [1.807, 2.05) is 32.0 Å². The van der Waals surface area contributed by atoms with E-state index in [2.05, 4.69) is 15.6 Å². The van der Waals surface area contributed by atoms with Crippen molar-refractivity contribution < 1.29 is 24.0 Å². The van der Waals surface area contributed by atoms with Crippen LogP contribution < -0.4 is 20.1 Å². The van der Waals surface area contributed by atoms with Gasteiger partial charge in [0, 0.05) is 17.1 Å². The monoisotopic (exact) mass is 470 g/mol. The molecular weight excluding hydrogens is 448 g/mol. The molecule has 2 N–H and O–H groups in total. The molecule has 0 saturated carbocycles. The van der Waals surface area contributed by atoms with Crippen molar-refractivity contribution in [1.29, 1.82) is 0 Å². The maximum atomic E-state index is 12.7. The SMILES string of the molecule is COc1cc(C(=O)NCC(=O)Nc2c(C)cccc2C)c([N+](=O)[O-])cc1OCc1cscn1. The third-order valence-corrected chi connectivity index (χ3v) is 5.37. The average Bonchev–Trinajstić information content (AvgIpc) is 3.31. The Bertz CT molecular complexity index is 1160. The molecule has 0 aliphatic carbocycles. The van der Waals surface area contributed by atoms with Crippen LogP contribution in [-0.4, -0.2) is 35.4 Å². The van der Waals surface area contributed by atoms with Gasteiger partial charge < -0.3 is 20.1 Å². The average molecular weight is 471 g/mol. The van der Waals surface area contributed by atoms with Crippen molar-refractivity contribution in [2.45, 2.75) is 20.5 Å². The first-order valence-electron chi connectivity index (χ1n) is 9.80. The van der Waals surface area contributed by atoms with Gasteiger partial charge >= 0.3 is 0 Å². The fourth-order valence-electron chi connectivity index (χ4n) is 3.07. The molecule has 2 aromatic carbocycles. The summed E-state index contributed by atoms with van der Waals surface area (Å²) in [5.74, 6) is -1.01. The number of benzene rings is 2. The highest BCUT2D eigenvalue weighted by molar-refractivity contribution is 7.07. The maximum Gasteiger partial charge on any atom is 0.286 e. The zero-order valence-electron chi connectivity index (χ0n) is 18.2. The van der Waals surface area contributed by atoms with E-state index >= 15 is 0 Å². The molecule has 172 valence electrons. The van der Waals surface area contributed by atoms with E-state index in [0.717, 1.165) is 17.2 Å². The Balaban J connectivity index is 1.74. The molecular formula is C22H22N4O6S. The molecule has 3 rings (SSSR count). The quantitative estimate of drug-likeness (QED) is 0.360. The summed E-state index contributed by atoms with van der Waals surface area (Å²) in [4.78, 5) is 40.0. The number of ether oxygens (including phenoxy) is 2. The summed E-state index contributed by atoms with van der Waals surface area (Å²) in [7, 11) is 1.36. The van der Waals surface area contributed by atoms with Crippen LogP contribution in [0, 0.1) is 24.0 Å². The lowest BCUT2D eigenvalue weighted by molar-refractivity contribution is -0.385. The standard InChI is InChI=1S/C22H22N4O6S/c1-13-5-4-6-14(2)21(13)25-20(27)9-23-22(28)16-7-18(31-3)19(8-17(16)26(29)30)32-10-15-11-33-12-24-15/h4-8,11-12H,9-10H2,1-3H3,(H,23,28)(H,25,27). The van der Waals surface area contributed by atoms with Crippen LogP contribution >= 0.6 is 11.3 Å². The number of nitrogens with one attached hydrogen (secondary N) is 2. The molecule has 1 heterocycles. The molecule has 0 aliphatic rings. The molecule has 0 fully saturated rings. The minimum absolute atomic E-state index is 0.0844. The summed E-state index contributed by atoms with van der Waals surface area (Å²) in [6.45, 7) is 3.43. The lowest BCUT2D eigenvalue weighted by atomic mass is 10.1. The van der Waals surface area contributed by atoms with Gasteiger partial charge in [0.05, 0.1) is 35.8 Å². The second-order valence-electron chi connectivity index (χ2n) is 7.04. The van der Waals surface area contributed by atoms with Gasteiger partial charge in [0.25, 0.3) is 11.6 Å². The summed E-state index contributed by atoms with van der Waals surface area (Å²) in [6.07, 6.45) is 0. The number of aromatic nitrogens is 1. The van der Waals surface area contributed by atoms with E-state index in [9.17, 15) is 19.7 Å². The van der Waals surface area contributed by atoms with Crippen molar-refractivity contribution >= 4 is 34.5 Å². The number of nitrogens with zero attached hydrogens (tertiary/aromatic N) is 2. The number of anilines is 1. The summed E-state index contributed by atoms with van der Waals surface area (Å²) in [6, 6.07) is 7.92. The highest BCUT2D eigenvalue weighted by Crippen LogP contribution is 2.35. The molecule has 2 amide bonds. The van der Waals surface area contributed by atoms with Gasteiger partial charge in [-0.25, -0.2) is 4.98 Å². The normalized spacial score (nSPS) is 10.4. The summed E-state index contributed by atoms with van der Waals surface area (Å²) in [5, 5.41) is 18.6. The number of carbonyl (C=O) groups excluding carboxylic acids is 2. The van der Waals surface area contributed by atoms with Gasteiger partial charge in [0.2, 0.25) is 5.91 Å². The number of aryl methyl sites for hydroxylation is 2. The van der Waals surface area contributed by atoms with Gasteiger partial charge in [-0.1, -0.05) is 18.2 Å². The molecule has 0 radical (unpaired) electrons.